The summed E-state index contributed by atoms with van der Waals surface area (Å²) >= 11 is 0. The van der Waals surface area contributed by atoms with Crippen molar-refractivity contribution in [1.29, 1.82) is 0 Å². The number of nitrogen functional groups attached to an aromatic ring is 1. The Kier molecular flexibility index (Phi) is 4.23. The summed E-state index contributed by atoms with van der Waals surface area (Å²) in [6.07, 6.45) is 0. The van der Waals surface area contributed by atoms with E-state index < -0.39 is 0 Å². The average molecular weight is 254 g/mol. The highest BCUT2D eigenvalue weighted by Crippen LogP contribution is 2.15. The molecule has 0 aromatic heterocycles. The first-order valence-electron chi connectivity index (χ1n) is 6.63. The fraction of sp³-hybridized carbons (Fsp3) is 0.294. The van der Waals surface area contributed by atoms with Crippen LogP contribution in [0.2, 0.25) is 0 Å². The fourth-order valence-corrected chi connectivity index (χ4v) is 2.33. The van der Waals surface area contributed by atoms with E-state index in [-0.39, 0.29) is 0 Å². The maximum Gasteiger partial charge on any atom is 0.0343 e. The maximum atomic E-state index is 5.85. The highest BCUT2D eigenvalue weighted by Gasteiger charge is 2.03. The minimum atomic E-state index is 0.866. The molecule has 19 heavy (non-hydrogen) atoms. The van der Waals surface area contributed by atoms with Crippen LogP contribution in [0, 0.1) is 13.8 Å². The number of aryl methyl sites for hydroxylation is 2. The third-order valence-corrected chi connectivity index (χ3v) is 3.32. The van der Waals surface area contributed by atoms with Crippen LogP contribution in [-0.2, 0) is 13.1 Å². The summed E-state index contributed by atoms with van der Waals surface area (Å²) in [5.74, 6) is 0. The van der Waals surface area contributed by atoms with Gasteiger partial charge in [0.25, 0.3) is 0 Å². The van der Waals surface area contributed by atoms with Gasteiger partial charge in [-0.1, -0.05) is 42.0 Å². The van der Waals surface area contributed by atoms with Gasteiger partial charge in [0.2, 0.25) is 0 Å². The highest BCUT2D eigenvalue weighted by molar-refractivity contribution is 5.47. The lowest BCUT2D eigenvalue weighted by atomic mass is 10.1. The Labute approximate surface area is 115 Å². The Balaban J connectivity index is 2.01. The first-order chi connectivity index (χ1) is 9.04. The van der Waals surface area contributed by atoms with E-state index >= 15 is 0 Å². The van der Waals surface area contributed by atoms with Crippen LogP contribution in [0.3, 0.4) is 0 Å². The predicted octanol–water partition coefficient (Wildman–Crippen LogP) is 3.52. The molecule has 2 rings (SSSR count). The summed E-state index contributed by atoms with van der Waals surface area (Å²) in [5.41, 5.74) is 11.8. The first kappa shape index (κ1) is 13.6. The molecule has 0 bridgehead atoms. The highest BCUT2D eigenvalue weighted by atomic mass is 15.1. The Morgan fingerprint density at radius 3 is 2.26 bits per heavy atom. The lowest BCUT2D eigenvalue weighted by molar-refractivity contribution is 0.319. The lowest BCUT2D eigenvalue weighted by Gasteiger charge is -2.17. The summed E-state index contributed by atoms with van der Waals surface area (Å²) in [5, 5.41) is 0. The topological polar surface area (TPSA) is 29.3 Å². The zero-order chi connectivity index (χ0) is 13.8. The first-order valence-corrected chi connectivity index (χ1v) is 6.63. The zero-order valence-corrected chi connectivity index (χ0v) is 12.0. The monoisotopic (exact) mass is 254 g/mol. The molecule has 0 saturated heterocycles. The quantitative estimate of drug-likeness (QED) is 0.846. The number of hydrogen-bond donors (Lipinski definition) is 1. The number of anilines is 1. The molecule has 0 aliphatic carbocycles. The normalized spacial score (nSPS) is 10.9. The smallest absolute Gasteiger partial charge is 0.0343 e. The van der Waals surface area contributed by atoms with Crippen LogP contribution < -0.4 is 5.73 Å². The summed E-state index contributed by atoms with van der Waals surface area (Å²) in [7, 11) is 2.15. The number of hydrogen-bond acceptors (Lipinski definition) is 2. The summed E-state index contributed by atoms with van der Waals surface area (Å²) in [6.45, 7) is 6.09. The van der Waals surface area contributed by atoms with Crippen LogP contribution in [0.4, 0.5) is 5.69 Å². The Morgan fingerprint density at radius 2 is 1.63 bits per heavy atom. The van der Waals surface area contributed by atoms with Crippen LogP contribution in [0.25, 0.3) is 0 Å². The van der Waals surface area contributed by atoms with Crippen LogP contribution >= 0.6 is 0 Å². The van der Waals surface area contributed by atoms with E-state index in [1.165, 1.54) is 16.7 Å². The van der Waals surface area contributed by atoms with E-state index in [4.69, 9.17) is 5.73 Å². The third-order valence-electron chi connectivity index (χ3n) is 3.32. The molecule has 0 saturated carbocycles. The minimum absolute atomic E-state index is 0.866. The van der Waals surface area contributed by atoms with Gasteiger partial charge < -0.3 is 5.73 Å². The molecular formula is C17H22N2. The van der Waals surface area contributed by atoms with Gasteiger partial charge >= 0.3 is 0 Å². The third kappa shape index (κ3) is 3.83. The molecule has 0 atom stereocenters. The van der Waals surface area contributed by atoms with E-state index in [1.54, 1.807) is 0 Å². The van der Waals surface area contributed by atoms with Crippen molar-refractivity contribution in [3.05, 3.63) is 64.7 Å². The molecule has 100 valence electrons. The van der Waals surface area contributed by atoms with Gasteiger partial charge in [0, 0.05) is 18.8 Å². The van der Waals surface area contributed by atoms with Crippen LogP contribution in [-0.4, -0.2) is 11.9 Å². The SMILES string of the molecule is Cc1cccc(CN(C)Cc2ccc(N)c(C)c2)c1. The number of nitrogens with zero attached hydrogens (tertiary/aromatic N) is 1. The van der Waals surface area contributed by atoms with Crippen LogP contribution in [0.15, 0.2) is 42.5 Å². The molecule has 0 aliphatic rings. The van der Waals surface area contributed by atoms with Crippen molar-refractivity contribution in [2.75, 3.05) is 12.8 Å². The minimum Gasteiger partial charge on any atom is -0.399 e. The second-order valence-electron chi connectivity index (χ2n) is 5.35. The van der Waals surface area contributed by atoms with Crippen LogP contribution in [0.1, 0.15) is 22.3 Å². The molecular weight excluding hydrogens is 232 g/mol. The van der Waals surface area contributed by atoms with E-state index in [0.29, 0.717) is 0 Å². The summed E-state index contributed by atoms with van der Waals surface area (Å²) in [6, 6.07) is 14.9. The average Bonchev–Trinajstić information content (AvgIpc) is 2.34. The molecule has 0 aliphatic heterocycles. The second kappa shape index (κ2) is 5.89. The summed E-state index contributed by atoms with van der Waals surface area (Å²) < 4.78 is 0. The molecule has 2 nitrogen and oxygen atoms in total. The molecule has 0 heterocycles. The van der Waals surface area contributed by atoms with Gasteiger partial charge in [-0.05, 0) is 43.7 Å². The molecule has 2 aromatic carbocycles. The standard InChI is InChI=1S/C17H22N2/c1-13-5-4-6-15(9-13)11-19(3)12-16-7-8-17(18)14(2)10-16/h4-10H,11-12,18H2,1-3H3. The Morgan fingerprint density at radius 1 is 0.947 bits per heavy atom. The van der Waals surface area contributed by atoms with Crippen molar-refractivity contribution in [3.8, 4) is 0 Å². The van der Waals surface area contributed by atoms with Crippen molar-refractivity contribution in [2.45, 2.75) is 26.9 Å². The van der Waals surface area contributed by atoms with Gasteiger partial charge in [0.05, 0.1) is 0 Å². The molecule has 0 spiro atoms. The van der Waals surface area contributed by atoms with E-state index in [9.17, 15) is 0 Å². The number of benzene rings is 2. The molecule has 0 amide bonds. The van der Waals surface area contributed by atoms with Crippen LogP contribution in [0.5, 0.6) is 0 Å². The number of rotatable bonds is 4. The van der Waals surface area contributed by atoms with Gasteiger partial charge in [-0.3, -0.25) is 4.90 Å². The summed E-state index contributed by atoms with van der Waals surface area (Å²) in [4.78, 5) is 2.32. The largest absolute Gasteiger partial charge is 0.399 e. The molecule has 2 aromatic rings. The van der Waals surface area contributed by atoms with Crippen molar-refractivity contribution in [3.63, 3.8) is 0 Å². The van der Waals surface area contributed by atoms with Gasteiger partial charge in [-0.25, -0.2) is 0 Å². The van der Waals surface area contributed by atoms with E-state index in [2.05, 4.69) is 62.2 Å². The maximum absolute atomic E-state index is 5.85. The van der Waals surface area contributed by atoms with Gasteiger partial charge in [-0.15, -0.1) is 0 Å². The molecule has 0 radical (unpaired) electrons. The fourth-order valence-electron chi connectivity index (χ4n) is 2.33. The molecule has 2 heteroatoms. The molecule has 0 fully saturated rings. The molecule has 2 N–H and O–H groups in total. The van der Waals surface area contributed by atoms with Crippen molar-refractivity contribution < 1.29 is 0 Å². The van der Waals surface area contributed by atoms with Crippen molar-refractivity contribution in [1.82, 2.24) is 4.90 Å². The van der Waals surface area contributed by atoms with Gasteiger partial charge in [0.15, 0.2) is 0 Å². The Bertz CT molecular complexity index is 561. The Hall–Kier alpha value is -1.80. The zero-order valence-electron chi connectivity index (χ0n) is 12.0. The lowest BCUT2D eigenvalue weighted by Crippen LogP contribution is -2.17. The van der Waals surface area contributed by atoms with E-state index in [1.807, 2.05) is 6.07 Å². The molecule has 0 unspecified atom stereocenters. The predicted molar refractivity (Wildman–Crippen MR) is 81.9 cm³/mol. The van der Waals surface area contributed by atoms with Crippen molar-refractivity contribution in [2.24, 2.45) is 0 Å². The van der Waals surface area contributed by atoms with Crippen molar-refractivity contribution >= 4 is 5.69 Å². The van der Waals surface area contributed by atoms with Gasteiger partial charge in [0.1, 0.15) is 0 Å². The van der Waals surface area contributed by atoms with E-state index in [0.717, 1.165) is 24.3 Å². The van der Waals surface area contributed by atoms with Gasteiger partial charge in [-0.2, -0.15) is 0 Å². The number of nitrogens with two attached hydrogens (primary N) is 1. The second-order valence-corrected chi connectivity index (χ2v) is 5.35.